The molecule has 8 heteroatoms. The van der Waals surface area contributed by atoms with E-state index in [0.29, 0.717) is 15.0 Å². The third kappa shape index (κ3) is 4.02. The summed E-state index contributed by atoms with van der Waals surface area (Å²) in [5.74, 6) is -1.61. The van der Waals surface area contributed by atoms with Crippen LogP contribution in [0.15, 0.2) is 40.2 Å². The summed E-state index contributed by atoms with van der Waals surface area (Å²) in [6, 6.07) is 5.26. The van der Waals surface area contributed by atoms with Crippen molar-refractivity contribution in [2.45, 2.75) is 6.04 Å². The van der Waals surface area contributed by atoms with E-state index in [1.54, 1.807) is 17.5 Å². The smallest absolute Gasteiger partial charge is 0.331 e. The van der Waals surface area contributed by atoms with Crippen LogP contribution in [-0.4, -0.2) is 17.1 Å². The van der Waals surface area contributed by atoms with Crippen LogP contribution in [0.1, 0.15) is 10.9 Å². The molecular formula is C13H10BrFN2O3S. The van der Waals surface area contributed by atoms with Gasteiger partial charge in [-0.2, -0.15) is 0 Å². The highest BCUT2D eigenvalue weighted by Gasteiger charge is 2.23. The third-order valence-corrected chi connectivity index (χ3v) is 4.12. The number of thiophene rings is 1. The van der Waals surface area contributed by atoms with Crippen molar-refractivity contribution in [3.63, 3.8) is 0 Å². The molecule has 0 radical (unpaired) electrons. The van der Waals surface area contributed by atoms with E-state index in [1.807, 2.05) is 0 Å². The number of carbonyl (C=O) groups is 2. The molecule has 2 aromatic rings. The van der Waals surface area contributed by atoms with E-state index in [4.69, 9.17) is 5.11 Å². The molecule has 0 fully saturated rings. The lowest BCUT2D eigenvalue weighted by atomic mass is 10.2. The summed E-state index contributed by atoms with van der Waals surface area (Å²) in [6.45, 7) is 0. The van der Waals surface area contributed by atoms with Crippen molar-refractivity contribution >= 4 is 45.0 Å². The van der Waals surface area contributed by atoms with E-state index in [1.165, 1.54) is 29.5 Å². The monoisotopic (exact) mass is 372 g/mol. The van der Waals surface area contributed by atoms with Crippen molar-refractivity contribution in [1.29, 1.82) is 0 Å². The predicted octanol–water partition coefficient (Wildman–Crippen LogP) is 3.60. The summed E-state index contributed by atoms with van der Waals surface area (Å²) in [7, 11) is 0. The average Bonchev–Trinajstić information content (AvgIpc) is 2.92. The van der Waals surface area contributed by atoms with Crippen LogP contribution < -0.4 is 10.6 Å². The standard InChI is InChI=1S/C13H10BrFN2O3S/c14-8-6-7(15)3-4-9(8)16-13(20)17-11(12(18)19)10-2-1-5-21-10/h1-6,11H,(H,18,19)(H2,16,17,20). The maximum atomic E-state index is 13.0. The summed E-state index contributed by atoms with van der Waals surface area (Å²) in [4.78, 5) is 23.6. The van der Waals surface area contributed by atoms with E-state index >= 15 is 0 Å². The molecular weight excluding hydrogens is 363 g/mol. The van der Waals surface area contributed by atoms with E-state index in [0.717, 1.165) is 0 Å². The molecule has 0 saturated carbocycles. The summed E-state index contributed by atoms with van der Waals surface area (Å²) in [5, 5.41) is 15.7. The van der Waals surface area contributed by atoms with Gasteiger partial charge in [-0.05, 0) is 45.6 Å². The number of aliphatic carboxylic acids is 1. The molecule has 0 aliphatic rings. The van der Waals surface area contributed by atoms with Gasteiger partial charge in [-0.15, -0.1) is 11.3 Å². The Morgan fingerprint density at radius 2 is 2.10 bits per heavy atom. The fraction of sp³-hybridized carbons (Fsp3) is 0.0769. The molecule has 1 unspecified atom stereocenters. The first-order valence-corrected chi connectivity index (χ1v) is 7.43. The summed E-state index contributed by atoms with van der Waals surface area (Å²) in [5.41, 5.74) is 0.337. The first-order valence-electron chi connectivity index (χ1n) is 5.76. The van der Waals surface area contributed by atoms with Gasteiger partial charge in [-0.3, -0.25) is 0 Å². The molecule has 0 saturated heterocycles. The van der Waals surface area contributed by atoms with Gasteiger partial charge in [-0.1, -0.05) is 6.07 Å². The zero-order valence-electron chi connectivity index (χ0n) is 10.5. The number of urea groups is 1. The SMILES string of the molecule is O=C(Nc1ccc(F)cc1Br)NC(C(=O)O)c1cccs1. The van der Waals surface area contributed by atoms with Crippen molar-refractivity contribution in [2.75, 3.05) is 5.32 Å². The van der Waals surface area contributed by atoms with Crippen LogP contribution >= 0.6 is 27.3 Å². The number of carboxylic acids is 1. The molecule has 1 atom stereocenters. The van der Waals surface area contributed by atoms with E-state index in [9.17, 15) is 14.0 Å². The number of anilines is 1. The van der Waals surface area contributed by atoms with Gasteiger partial charge in [0.2, 0.25) is 0 Å². The number of carbonyl (C=O) groups excluding carboxylic acids is 1. The zero-order chi connectivity index (χ0) is 15.4. The molecule has 2 rings (SSSR count). The van der Waals surface area contributed by atoms with Crippen molar-refractivity contribution in [3.8, 4) is 0 Å². The minimum atomic E-state index is -1.16. The zero-order valence-corrected chi connectivity index (χ0v) is 12.9. The third-order valence-electron chi connectivity index (χ3n) is 2.53. The van der Waals surface area contributed by atoms with E-state index in [2.05, 4.69) is 26.6 Å². The van der Waals surface area contributed by atoms with Gasteiger partial charge < -0.3 is 15.7 Å². The van der Waals surface area contributed by atoms with Crippen LogP contribution in [0.3, 0.4) is 0 Å². The molecule has 1 aromatic heterocycles. The second-order valence-electron chi connectivity index (χ2n) is 4.01. The fourth-order valence-electron chi connectivity index (χ4n) is 1.59. The maximum absolute atomic E-state index is 13.0. The minimum Gasteiger partial charge on any atom is -0.479 e. The van der Waals surface area contributed by atoms with Crippen LogP contribution in [0.25, 0.3) is 0 Å². The number of benzene rings is 1. The highest BCUT2D eigenvalue weighted by atomic mass is 79.9. The van der Waals surface area contributed by atoms with Gasteiger partial charge in [0.1, 0.15) is 5.82 Å². The number of halogens is 2. The van der Waals surface area contributed by atoms with Gasteiger partial charge >= 0.3 is 12.0 Å². The molecule has 0 bridgehead atoms. The number of carboxylic acid groups (broad SMARTS) is 1. The molecule has 0 spiro atoms. The van der Waals surface area contributed by atoms with Crippen molar-refractivity contribution in [1.82, 2.24) is 5.32 Å². The molecule has 0 aliphatic heterocycles. The highest BCUT2D eigenvalue weighted by molar-refractivity contribution is 9.10. The Bertz CT molecular complexity index is 663. The molecule has 21 heavy (non-hydrogen) atoms. The van der Waals surface area contributed by atoms with Crippen LogP contribution in [0, 0.1) is 5.82 Å². The quantitative estimate of drug-likeness (QED) is 0.766. The molecule has 1 aromatic carbocycles. The minimum absolute atomic E-state index is 0.337. The Hall–Kier alpha value is -1.93. The summed E-state index contributed by atoms with van der Waals surface area (Å²) in [6.07, 6.45) is 0. The van der Waals surface area contributed by atoms with Crippen LogP contribution in [0.4, 0.5) is 14.9 Å². The van der Waals surface area contributed by atoms with Crippen LogP contribution in [0.5, 0.6) is 0 Å². The molecule has 110 valence electrons. The van der Waals surface area contributed by atoms with Gasteiger partial charge in [0.15, 0.2) is 6.04 Å². The summed E-state index contributed by atoms with van der Waals surface area (Å²) >= 11 is 4.34. The number of rotatable bonds is 4. The molecule has 0 aliphatic carbocycles. The van der Waals surface area contributed by atoms with E-state index < -0.39 is 23.9 Å². The average molecular weight is 373 g/mol. The summed E-state index contributed by atoms with van der Waals surface area (Å²) < 4.78 is 13.3. The van der Waals surface area contributed by atoms with Gasteiger partial charge in [-0.25, -0.2) is 14.0 Å². The highest BCUT2D eigenvalue weighted by Crippen LogP contribution is 2.24. The Labute approximate surface area is 131 Å². The van der Waals surface area contributed by atoms with Crippen molar-refractivity contribution in [3.05, 3.63) is 50.9 Å². The number of amides is 2. The van der Waals surface area contributed by atoms with Crippen LogP contribution in [-0.2, 0) is 4.79 Å². The Morgan fingerprint density at radius 3 is 2.67 bits per heavy atom. The van der Waals surface area contributed by atoms with Crippen molar-refractivity contribution < 1.29 is 19.1 Å². The lowest BCUT2D eigenvalue weighted by Gasteiger charge is -2.14. The Kier molecular flexibility index (Phi) is 4.92. The Morgan fingerprint density at radius 1 is 1.33 bits per heavy atom. The second kappa shape index (κ2) is 6.68. The number of hydrogen-bond acceptors (Lipinski definition) is 3. The topological polar surface area (TPSA) is 78.4 Å². The van der Waals surface area contributed by atoms with Gasteiger partial charge in [0.05, 0.1) is 5.69 Å². The second-order valence-corrected chi connectivity index (χ2v) is 5.84. The predicted molar refractivity (Wildman–Crippen MR) is 81.0 cm³/mol. The Balaban J connectivity index is 2.08. The maximum Gasteiger partial charge on any atom is 0.331 e. The number of hydrogen-bond donors (Lipinski definition) is 3. The van der Waals surface area contributed by atoms with Gasteiger partial charge in [0, 0.05) is 9.35 Å². The molecule has 2 amide bonds. The normalized spacial score (nSPS) is 11.7. The molecule has 1 heterocycles. The molecule has 3 N–H and O–H groups in total. The first-order chi connectivity index (χ1) is 9.97. The lowest BCUT2D eigenvalue weighted by Crippen LogP contribution is -2.36. The lowest BCUT2D eigenvalue weighted by molar-refractivity contribution is -0.139. The first kappa shape index (κ1) is 15.5. The largest absolute Gasteiger partial charge is 0.479 e. The van der Waals surface area contributed by atoms with Crippen molar-refractivity contribution in [2.24, 2.45) is 0 Å². The fourth-order valence-corrected chi connectivity index (χ4v) is 2.81. The van der Waals surface area contributed by atoms with E-state index in [-0.39, 0.29) is 0 Å². The number of nitrogens with one attached hydrogen (secondary N) is 2. The van der Waals surface area contributed by atoms with Crippen LogP contribution in [0.2, 0.25) is 0 Å². The van der Waals surface area contributed by atoms with Gasteiger partial charge in [0.25, 0.3) is 0 Å². The molecule has 5 nitrogen and oxygen atoms in total.